The fourth-order valence-corrected chi connectivity index (χ4v) is 3.24. The van der Waals surface area contributed by atoms with Crippen LogP contribution in [0.4, 0.5) is 5.82 Å². The number of hydrogen-bond acceptors (Lipinski definition) is 6. The van der Waals surface area contributed by atoms with Gasteiger partial charge in [-0.25, -0.2) is 4.98 Å². The van der Waals surface area contributed by atoms with Gasteiger partial charge in [-0.1, -0.05) is 0 Å². The van der Waals surface area contributed by atoms with Crippen LogP contribution in [0.3, 0.4) is 0 Å². The Balaban J connectivity index is 1.66. The van der Waals surface area contributed by atoms with Crippen molar-refractivity contribution in [1.29, 1.82) is 0 Å². The summed E-state index contributed by atoms with van der Waals surface area (Å²) in [5, 5.41) is 8.77. The fourth-order valence-electron chi connectivity index (χ4n) is 3.24. The number of ether oxygens (including phenoxy) is 2. The zero-order chi connectivity index (χ0) is 18.3. The predicted molar refractivity (Wildman–Crippen MR) is 99.1 cm³/mol. The Morgan fingerprint density at radius 1 is 1.15 bits per heavy atom. The van der Waals surface area contributed by atoms with Gasteiger partial charge >= 0.3 is 0 Å². The maximum atomic E-state index is 5.44. The Labute approximate surface area is 152 Å². The summed E-state index contributed by atoms with van der Waals surface area (Å²) in [7, 11) is 5.32. The van der Waals surface area contributed by atoms with E-state index < -0.39 is 0 Å². The number of nitrogens with zero attached hydrogens (tertiary/aromatic N) is 5. The molecule has 1 aliphatic carbocycles. The molecular weight excluding hydrogens is 330 g/mol. The molecular formula is C19H23N5O2. The van der Waals surface area contributed by atoms with Crippen molar-refractivity contribution in [2.75, 3.05) is 26.2 Å². The maximum absolute atomic E-state index is 5.44. The number of fused-ring (bicyclic) bond motifs is 1. The van der Waals surface area contributed by atoms with E-state index in [4.69, 9.17) is 9.47 Å². The van der Waals surface area contributed by atoms with Crippen molar-refractivity contribution in [1.82, 2.24) is 19.6 Å². The minimum Gasteiger partial charge on any atom is -0.493 e. The van der Waals surface area contributed by atoms with Gasteiger partial charge in [-0.2, -0.15) is 0 Å². The smallest absolute Gasteiger partial charge is 0.203 e. The molecule has 4 rings (SSSR count). The quantitative estimate of drug-likeness (QED) is 0.679. The molecule has 7 nitrogen and oxygen atoms in total. The van der Waals surface area contributed by atoms with Gasteiger partial charge in [-0.15, -0.1) is 10.2 Å². The SMILES string of the molecule is COc1cc(C)c(CN(C)c2nccn3c(C4CC4)nnc23)cc1OC. The van der Waals surface area contributed by atoms with Crippen molar-refractivity contribution in [2.45, 2.75) is 32.2 Å². The summed E-state index contributed by atoms with van der Waals surface area (Å²) in [6.45, 7) is 2.76. The third-order valence-electron chi connectivity index (χ3n) is 4.89. The van der Waals surface area contributed by atoms with E-state index in [0.29, 0.717) is 12.5 Å². The van der Waals surface area contributed by atoms with Gasteiger partial charge in [0.1, 0.15) is 5.82 Å². The van der Waals surface area contributed by atoms with E-state index in [1.165, 1.54) is 12.8 Å². The third kappa shape index (κ3) is 2.83. The summed E-state index contributed by atoms with van der Waals surface area (Å²) < 4.78 is 12.9. The van der Waals surface area contributed by atoms with Gasteiger partial charge in [0.05, 0.1) is 14.2 Å². The van der Waals surface area contributed by atoms with Crippen LogP contribution >= 0.6 is 0 Å². The van der Waals surface area contributed by atoms with Crippen molar-refractivity contribution in [3.63, 3.8) is 0 Å². The first-order valence-electron chi connectivity index (χ1n) is 8.74. The Morgan fingerprint density at radius 3 is 2.58 bits per heavy atom. The van der Waals surface area contributed by atoms with Crippen LogP contribution in [0.15, 0.2) is 24.5 Å². The average Bonchev–Trinajstić information content (AvgIpc) is 3.41. The molecule has 1 fully saturated rings. The van der Waals surface area contributed by atoms with E-state index in [-0.39, 0.29) is 0 Å². The molecule has 0 amide bonds. The lowest BCUT2D eigenvalue weighted by atomic mass is 10.1. The molecule has 0 saturated heterocycles. The molecule has 0 unspecified atom stereocenters. The van der Waals surface area contributed by atoms with Crippen LogP contribution in [-0.4, -0.2) is 40.8 Å². The number of aromatic nitrogens is 4. The molecule has 2 heterocycles. The summed E-state index contributed by atoms with van der Waals surface area (Å²) >= 11 is 0. The van der Waals surface area contributed by atoms with E-state index in [0.717, 1.165) is 39.9 Å². The minimum absolute atomic E-state index is 0.540. The first-order valence-corrected chi connectivity index (χ1v) is 8.74. The molecule has 1 aliphatic rings. The monoisotopic (exact) mass is 353 g/mol. The van der Waals surface area contributed by atoms with Crippen LogP contribution in [0.1, 0.15) is 35.7 Å². The summed E-state index contributed by atoms with van der Waals surface area (Å²) in [6, 6.07) is 4.02. The highest BCUT2D eigenvalue weighted by Gasteiger charge is 2.29. The molecule has 136 valence electrons. The molecule has 7 heteroatoms. The number of hydrogen-bond donors (Lipinski definition) is 0. The molecule has 1 aromatic carbocycles. The van der Waals surface area contributed by atoms with Crippen molar-refractivity contribution < 1.29 is 9.47 Å². The molecule has 0 radical (unpaired) electrons. The van der Waals surface area contributed by atoms with Crippen LogP contribution in [0.25, 0.3) is 5.65 Å². The minimum atomic E-state index is 0.540. The molecule has 2 aromatic heterocycles. The van der Waals surface area contributed by atoms with E-state index in [2.05, 4.69) is 31.4 Å². The lowest BCUT2D eigenvalue weighted by Gasteiger charge is -2.21. The van der Waals surface area contributed by atoms with Crippen LogP contribution < -0.4 is 14.4 Å². The number of rotatable bonds is 6. The number of anilines is 1. The first-order chi connectivity index (χ1) is 12.6. The van der Waals surface area contributed by atoms with Gasteiger partial charge in [0.25, 0.3) is 0 Å². The molecule has 0 bridgehead atoms. The van der Waals surface area contributed by atoms with Crippen LogP contribution in [0, 0.1) is 6.92 Å². The highest BCUT2D eigenvalue weighted by Crippen LogP contribution is 2.39. The third-order valence-corrected chi connectivity index (χ3v) is 4.89. The van der Waals surface area contributed by atoms with Crippen molar-refractivity contribution in [2.24, 2.45) is 0 Å². The Bertz CT molecular complexity index is 948. The standard InChI is InChI=1S/C19H23N5O2/c1-12-9-15(25-3)16(26-4)10-14(12)11-23(2)18-19-22-21-17(13-5-6-13)24(19)8-7-20-18/h7-10,13H,5-6,11H2,1-4H3. The lowest BCUT2D eigenvalue weighted by molar-refractivity contribution is 0.354. The van der Waals surface area contributed by atoms with Crippen LogP contribution in [-0.2, 0) is 6.54 Å². The molecule has 26 heavy (non-hydrogen) atoms. The Hall–Kier alpha value is -2.83. The molecule has 0 spiro atoms. The molecule has 0 aliphatic heterocycles. The normalized spacial score (nSPS) is 13.8. The van der Waals surface area contributed by atoms with Gasteiger partial charge in [-0.05, 0) is 43.0 Å². The zero-order valence-electron chi connectivity index (χ0n) is 15.6. The van der Waals surface area contributed by atoms with Crippen molar-refractivity contribution >= 4 is 11.5 Å². The largest absolute Gasteiger partial charge is 0.493 e. The second kappa shape index (κ2) is 6.48. The van der Waals surface area contributed by atoms with E-state index in [1.807, 2.05) is 31.6 Å². The van der Waals surface area contributed by atoms with Crippen molar-refractivity contribution in [3.05, 3.63) is 41.5 Å². The number of aryl methyl sites for hydroxylation is 1. The van der Waals surface area contributed by atoms with Gasteiger partial charge in [0, 0.05) is 31.9 Å². The fraction of sp³-hybridized carbons (Fsp3) is 0.421. The van der Waals surface area contributed by atoms with Crippen molar-refractivity contribution in [3.8, 4) is 11.5 Å². The number of benzene rings is 1. The summed E-state index contributed by atoms with van der Waals surface area (Å²) in [4.78, 5) is 6.64. The van der Waals surface area contributed by atoms with E-state index >= 15 is 0 Å². The highest BCUT2D eigenvalue weighted by atomic mass is 16.5. The zero-order valence-corrected chi connectivity index (χ0v) is 15.6. The van der Waals surface area contributed by atoms with Gasteiger partial charge in [-0.3, -0.25) is 4.40 Å². The molecule has 1 saturated carbocycles. The maximum Gasteiger partial charge on any atom is 0.203 e. The first kappa shape index (κ1) is 16.6. The second-order valence-corrected chi connectivity index (χ2v) is 6.77. The molecule has 3 aromatic rings. The van der Waals surface area contributed by atoms with Crippen LogP contribution in [0.5, 0.6) is 11.5 Å². The summed E-state index contributed by atoms with van der Waals surface area (Å²) in [5.41, 5.74) is 3.09. The van der Waals surface area contributed by atoms with E-state index in [9.17, 15) is 0 Å². The number of methoxy groups -OCH3 is 2. The molecule has 0 atom stereocenters. The van der Waals surface area contributed by atoms with Gasteiger partial charge in [0.2, 0.25) is 5.65 Å². The predicted octanol–water partition coefficient (Wildman–Crippen LogP) is 2.96. The van der Waals surface area contributed by atoms with Gasteiger partial charge < -0.3 is 14.4 Å². The topological polar surface area (TPSA) is 64.8 Å². The summed E-state index contributed by atoms with van der Waals surface area (Å²) in [6.07, 6.45) is 6.15. The molecule has 0 N–H and O–H groups in total. The Morgan fingerprint density at radius 2 is 1.88 bits per heavy atom. The van der Waals surface area contributed by atoms with E-state index in [1.54, 1.807) is 14.2 Å². The summed E-state index contributed by atoms with van der Waals surface area (Å²) in [5.74, 6) is 3.87. The lowest BCUT2D eigenvalue weighted by Crippen LogP contribution is -2.19. The van der Waals surface area contributed by atoms with Gasteiger partial charge in [0.15, 0.2) is 17.3 Å². The highest BCUT2D eigenvalue weighted by molar-refractivity contribution is 5.64. The average molecular weight is 353 g/mol. The second-order valence-electron chi connectivity index (χ2n) is 6.77. The van der Waals surface area contributed by atoms with Crippen LogP contribution in [0.2, 0.25) is 0 Å². The Kier molecular flexibility index (Phi) is 4.14.